The largest absolute Gasteiger partial charge is 0.391 e. The lowest BCUT2D eigenvalue weighted by Crippen LogP contribution is -2.48. The van der Waals surface area contributed by atoms with Crippen molar-refractivity contribution >= 4 is 0 Å². The van der Waals surface area contributed by atoms with Crippen LogP contribution in [0.5, 0.6) is 0 Å². The normalized spacial score (nSPS) is 25.3. The molecule has 1 aromatic rings. The summed E-state index contributed by atoms with van der Waals surface area (Å²) in [5.74, 6) is -0.199. The molecule has 2 atom stereocenters. The van der Waals surface area contributed by atoms with E-state index >= 15 is 0 Å². The number of hydrogen-bond donors (Lipinski definition) is 1. The van der Waals surface area contributed by atoms with Gasteiger partial charge in [0.15, 0.2) is 0 Å². The van der Waals surface area contributed by atoms with Crippen molar-refractivity contribution < 1.29 is 9.50 Å². The van der Waals surface area contributed by atoms with E-state index in [9.17, 15) is 9.50 Å². The van der Waals surface area contributed by atoms with Crippen molar-refractivity contribution in [2.75, 3.05) is 7.05 Å². The van der Waals surface area contributed by atoms with Crippen LogP contribution in [0.15, 0.2) is 24.3 Å². The lowest BCUT2D eigenvalue weighted by molar-refractivity contribution is -0.0130. The Hall–Kier alpha value is -0.930. The van der Waals surface area contributed by atoms with Crippen LogP contribution in [0.2, 0.25) is 0 Å². The molecule has 3 heteroatoms. The van der Waals surface area contributed by atoms with Gasteiger partial charge in [0.25, 0.3) is 0 Å². The van der Waals surface area contributed by atoms with Gasteiger partial charge in [-0.05, 0) is 37.6 Å². The van der Waals surface area contributed by atoms with Crippen LogP contribution in [-0.4, -0.2) is 29.2 Å². The number of rotatable bonds is 3. The van der Waals surface area contributed by atoms with E-state index in [0.29, 0.717) is 6.54 Å². The number of aliphatic hydroxyl groups is 1. The Morgan fingerprint density at radius 3 is 2.80 bits per heavy atom. The summed E-state index contributed by atoms with van der Waals surface area (Å²) in [7, 11) is 1.97. The fourth-order valence-corrected chi connectivity index (χ4v) is 2.02. The molecule has 0 heterocycles. The van der Waals surface area contributed by atoms with Crippen LogP contribution < -0.4 is 0 Å². The van der Waals surface area contributed by atoms with Crippen molar-refractivity contribution in [2.45, 2.75) is 31.5 Å². The Bertz CT molecular complexity index is 342. The molecule has 1 aliphatic carbocycles. The van der Waals surface area contributed by atoms with E-state index in [4.69, 9.17) is 0 Å². The fourth-order valence-electron chi connectivity index (χ4n) is 2.02. The molecule has 2 unspecified atom stereocenters. The molecule has 0 aromatic heterocycles. The Labute approximate surface area is 89.3 Å². The minimum atomic E-state index is -0.205. The highest BCUT2D eigenvalue weighted by Crippen LogP contribution is 2.25. The number of nitrogens with zero attached hydrogens (tertiary/aromatic N) is 1. The lowest BCUT2D eigenvalue weighted by Gasteiger charge is -2.39. The Kier molecular flexibility index (Phi) is 3.03. The van der Waals surface area contributed by atoms with Crippen LogP contribution in [0, 0.1) is 5.82 Å². The molecule has 1 aromatic carbocycles. The molecule has 2 nitrogen and oxygen atoms in total. The zero-order chi connectivity index (χ0) is 10.8. The summed E-state index contributed by atoms with van der Waals surface area (Å²) in [6.07, 6.45) is 1.72. The van der Waals surface area contributed by atoms with Gasteiger partial charge in [0.05, 0.1) is 6.10 Å². The van der Waals surface area contributed by atoms with E-state index in [-0.39, 0.29) is 18.0 Å². The molecule has 0 spiro atoms. The van der Waals surface area contributed by atoms with Gasteiger partial charge in [-0.3, -0.25) is 4.90 Å². The monoisotopic (exact) mass is 209 g/mol. The first-order valence-electron chi connectivity index (χ1n) is 5.29. The van der Waals surface area contributed by atoms with Gasteiger partial charge < -0.3 is 5.11 Å². The highest BCUT2D eigenvalue weighted by Gasteiger charge is 2.31. The van der Waals surface area contributed by atoms with E-state index in [1.165, 1.54) is 6.07 Å². The van der Waals surface area contributed by atoms with Gasteiger partial charge >= 0.3 is 0 Å². The lowest BCUT2D eigenvalue weighted by atomic mass is 9.88. The molecule has 0 radical (unpaired) electrons. The van der Waals surface area contributed by atoms with Crippen LogP contribution >= 0.6 is 0 Å². The molecule has 2 rings (SSSR count). The van der Waals surface area contributed by atoms with Crippen molar-refractivity contribution in [1.29, 1.82) is 0 Å². The summed E-state index contributed by atoms with van der Waals surface area (Å²) in [6, 6.07) is 6.86. The third kappa shape index (κ3) is 2.36. The molecule has 0 saturated heterocycles. The predicted molar refractivity (Wildman–Crippen MR) is 56.9 cm³/mol. The summed E-state index contributed by atoms with van der Waals surface area (Å²) >= 11 is 0. The maximum absolute atomic E-state index is 12.9. The van der Waals surface area contributed by atoms with E-state index < -0.39 is 0 Å². The SMILES string of the molecule is CN(Cc1cccc(F)c1)C1CCC1O. The first-order chi connectivity index (χ1) is 7.16. The second-order valence-corrected chi connectivity index (χ2v) is 4.26. The van der Waals surface area contributed by atoms with E-state index in [2.05, 4.69) is 4.90 Å². The molecule has 82 valence electrons. The summed E-state index contributed by atoms with van der Waals surface area (Å²) < 4.78 is 12.9. The van der Waals surface area contributed by atoms with Gasteiger partial charge in [0, 0.05) is 12.6 Å². The summed E-state index contributed by atoms with van der Waals surface area (Å²) in [4.78, 5) is 2.09. The first-order valence-corrected chi connectivity index (χ1v) is 5.29. The van der Waals surface area contributed by atoms with Crippen molar-refractivity contribution in [3.05, 3.63) is 35.6 Å². The van der Waals surface area contributed by atoms with Gasteiger partial charge in [0.1, 0.15) is 5.82 Å². The van der Waals surface area contributed by atoms with Crippen LogP contribution in [0.1, 0.15) is 18.4 Å². The quantitative estimate of drug-likeness (QED) is 0.820. The molecule has 0 bridgehead atoms. The van der Waals surface area contributed by atoms with Gasteiger partial charge in [0.2, 0.25) is 0 Å². The molecular formula is C12H16FNO. The molecule has 15 heavy (non-hydrogen) atoms. The number of likely N-dealkylation sites (N-methyl/N-ethyl adjacent to an activating group) is 1. The number of benzene rings is 1. The zero-order valence-corrected chi connectivity index (χ0v) is 8.86. The molecule has 1 fully saturated rings. The van der Waals surface area contributed by atoms with Gasteiger partial charge in [-0.1, -0.05) is 12.1 Å². The first kappa shape index (κ1) is 10.6. The van der Waals surface area contributed by atoms with Crippen molar-refractivity contribution in [3.63, 3.8) is 0 Å². The number of hydrogen-bond acceptors (Lipinski definition) is 2. The van der Waals surface area contributed by atoms with Crippen molar-refractivity contribution in [3.8, 4) is 0 Å². The van der Waals surface area contributed by atoms with Crippen molar-refractivity contribution in [2.24, 2.45) is 0 Å². The van der Waals surface area contributed by atoms with Crippen LogP contribution in [0.4, 0.5) is 4.39 Å². The molecular weight excluding hydrogens is 193 g/mol. The topological polar surface area (TPSA) is 23.5 Å². The van der Waals surface area contributed by atoms with Crippen LogP contribution in [-0.2, 0) is 6.54 Å². The number of aliphatic hydroxyl groups excluding tert-OH is 1. The Morgan fingerprint density at radius 2 is 2.27 bits per heavy atom. The molecule has 1 N–H and O–H groups in total. The van der Waals surface area contributed by atoms with Crippen molar-refractivity contribution in [1.82, 2.24) is 4.90 Å². The smallest absolute Gasteiger partial charge is 0.123 e. The molecule has 1 aliphatic rings. The Balaban J connectivity index is 1.96. The summed E-state index contributed by atoms with van der Waals surface area (Å²) in [5, 5.41) is 9.49. The van der Waals surface area contributed by atoms with Crippen LogP contribution in [0.3, 0.4) is 0 Å². The van der Waals surface area contributed by atoms with Crippen LogP contribution in [0.25, 0.3) is 0 Å². The highest BCUT2D eigenvalue weighted by atomic mass is 19.1. The van der Waals surface area contributed by atoms with E-state index in [0.717, 1.165) is 18.4 Å². The third-order valence-electron chi connectivity index (χ3n) is 3.09. The molecule has 1 saturated carbocycles. The van der Waals surface area contributed by atoms with Gasteiger partial charge in [-0.15, -0.1) is 0 Å². The molecule has 0 amide bonds. The maximum atomic E-state index is 12.9. The summed E-state index contributed by atoms with van der Waals surface area (Å²) in [5.41, 5.74) is 0.955. The van der Waals surface area contributed by atoms with Gasteiger partial charge in [-0.2, -0.15) is 0 Å². The minimum Gasteiger partial charge on any atom is -0.391 e. The fraction of sp³-hybridized carbons (Fsp3) is 0.500. The average molecular weight is 209 g/mol. The van der Waals surface area contributed by atoms with E-state index in [1.807, 2.05) is 13.1 Å². The van der Waals surface area contributed by atoms with Gasteiger partial charge in [-0.25, -0.2) is 4.39 Å². The molecule has 0 aliphatic heterocycles. The van der Waals surface area contributed by atoms with E-state index in [1.54, 1.807) is 12.1 Å². The summed E-state index contributed by atoms with van der Waals surface area (Å²) in [6.45, 7) is 0.694. The third-order valence-corrected chi connectivity index (χ3v) is 3.09. The maximum Gasteiger partial charge on any atom is 0.123 e. The second kappa shape index (κ2) is 4.29. The second-order valence-electron chi connectivity index (χ2n) is 4.26. The predicted octanol–water partition coefficient (Wildman–Crippen LogP) is 1.78. The highest BCUT2D eigenvalue weighted by molar-refractivity contribution is 5.16. The minimum absolute atomic E-state index is 0.199. The number of halogens is 1. The average Bonchev–Trinajstić information content (AvgIpc) is 2.15. The standard InChI is InChI=1S/C12H16FNO/c1-14(11-5-6-12(11)15)8-9-3-2-4-10(13)7-9/h2-4,7,11-12,15H,5-6,8H2,1H3. The Morgan fingerprint density at radius 1 is 1.47 bits per heavy atom. The zero-order valence-electron chi connectivity index (χ0n) is 8.86.